The Labute approximate surface area is 195 Å². The quantitative estimate of drug-likeness (QED) is 0.378. The van der Waals surface area contributed by atoms with Gasteiger partial charge in [-0.1, -0.05) is 16.8 Å². The summed E-state index contributed by atoms with van der Waals surface area (Å²) in [5.74, 6) is 1.46. The van der Waals surface area contributed by atoms with Gasteiger partial charge in [-0.05, 0) is 67.9 Å². The lowest BCUT2D eigenvalue weighted by molar-refractivity contribution is -0.126. The van der Waals surface area contributed by atoms with Crippen LogP contribution < -0.4 is 5.32 Å². The van der Waals surface area contributed by atoms with Crippen LogP contribution in [0.3, 0.4) is 0 Å². The SMILES string of the molecule is O=C(NCCSc1ccc(Cl)cc1)C1CCCN(Cc2nc(-c3ccc(F)cc3)no2)C1. The van der Waals surface area contributed by atoms with Gasteiger partial charge in [0.1, 0.15) is 5.82 Å². The second-order valence-electron chi connectivity index (χ2n) is 7.69. The van der Waals surface area contributed by atoms with E-state index in [1.807, 2.05) is 24.3 Å². The average molecular weight is 475 g/mol. The van der Waals surface area contributed by atoms with Crippen LogP contribution in [-0.2, 0) is 11.3 Å². The lowest BCUT2D eigenvalue weighted by atomic mass is 9.97. The lowest BCUT2D eigenvalue weighted by Gasteiger charge is -2.30. The Hall–Kier alpha value is -2.42. The first-order valence-electron chi connectivity index (χ1n) is 10.5. The summed E-state index contributed by atoms with van der Waals surface area (Å²) in [5.41, 5.74) is 0.703. The van der Waals surface area contributed by atoms with Crippen molar-refractivity contribution in [3.63, 3.8) is 0 Å². The Morgan fingerprint density at radius 2 is 2.00 bits per heavy atom. The van der Waals surface area contributed by atoms with Gasteiger partial charge in [-0.15, -0.1) is 11.8 Å². The second kappa shape index (κ2) is 10.9. The highest BCUT2D eigenvalue weighted by molar-refractivity contribution is 7.99. The number of benzene rings is 2. The first-order chi connectivity index (χ1) is 15.6. The fraction of sp³-hybridized carbons (Fsp3) is 0.348. The van der Waals surface area contributed by atoms with Crippen molar-refractivity contribution in [2.24, 2.45) is 5.92 Å². The molecule has 1 atom stereocenters. The summed E-state index contributed by atoms with van der Waals surface area (Å²) < 4.78 is 18.5. The number of halogens is 2. The molecule has 0 aliphatic carbocycles. The van der Waals surface area contributed by atoms with Crippen LogP contribution >= 0.6 is 23.4 Å². The van der Waals surface area contributed by atoms with Gasteiger partial charge in [0.15, 0.2) is 0 Å². The van der Waals surface area contributed by atoms with Gasteiger partial charge in [-0.2, -0.15) is 4.98 Å². The van der Waals surface area contributed by atoms with Crippen LogP contribution in [0.15, 0.2) is 57.9 Å². The van der Waals surface area contributed by atoms with Gasteiger partial charge < -0.3 is 9.84 Å². The molecule has 0 radical (unpaired) electrons. The molecule has 0 spiro atoms. The first kappa shape index (κ1) is 22.8. The molecule has 1 aliphatic heterocycles. The van der Waals surface area contributed by atoms with Gasteiger partial charge in [0.2, 0.25) is 17.6 Å². The first-order valence-corrected chi connectivity index (χ1v) is 11.9. The molecule has 1 fully saturated rings. The Balaban J connectivity index is 1.23. The molecule has 0 saturated carbocycles. The van der Waals surface area contributed by atoms with Crippen LogP contribution in [0, 0.1) is 11.7 Å². The minimum atomic E-state index is -0.307. The van der Waals surface area contributed by atoms with E-state index in [1.54, 1.807) is 23.9 Å². The zero-order chi connectivity index (χ0) is 22.3. The fourth-order valence-corrected chi connectivity index (χ4v) is 4.55. The maximum absolute atomic E-state index is 13.1. The molecule has 2 aromatic carbocycles. The molecule has 1 N–H and O–H groups in total. The van der Waals surface area contributed by atoms with E-state index in [1.165, 1.54) is 12.1 Å². The van der Waals surface area contributed by atoms with Crippen LogP contribution in [0.5, 0.6) is 0 Å². The molecule has 32 heavy (non-hydrogen) atoms. The minimum Gasteiger partial charge on any atom is -0.355 e. The molecule has 1 saturated heterocycles. The van der Waals surface area contributed by atoms with E-state index >= 15 is 0 Å². The smallest absolute Gasteiger partial charge is 0.241 e. The normalized spacial score (nSPS) is 16.8. The number of thioether (sulfide) groups is 1. The summed E-state index contributed by atoms with van der Waals surface area (Å²) >= 11 is 7.59. The van der Waals surface area contributed by atoms with Crippen molar-refractivity contribution in [1.29, 1.82) is 0 Å². The highest BCUT2D eigenvalue weighted by atomic mass is 35.5. The van der Waals surface area contributed by atoms with E-state index in [-0.39, 0.29) is 17.6 Å². The average Bonchev–Trinajstić information content (AvgIpc) is 3.27. The molecule has 1 aromatic heterocycles. The van der Waals surface area contributed by atoms with E-state index < -0.39 is 0 Å². The van der Waals surface area contributed by atoms with Gasteiger partial charge in [0, 0.05) is 34.3 Å². The van der Waals surface area contributed by atoms with Crippen molar-refractivity contribution >= 4 is 29.3 Å². The van der Waals surface area contributed by atoms with Crippen LogP contribution in [0.2, 0.25) is 5.02 Å². The van der Waals surface area contributed by atoms with E-state index in [2.05, 4.69) is 20.4 Å². The highest BCUT2D eigenvalue weighted by Crippen LogP contribution is 2.22. The molecule has 6 nitrogen and oxygen atoms in total. The summed E-state index contributed by atoms with van der Waals surface area (Å²) in [6.45, 7) is 2.65. The Morgan fingerprint density at radius 3 is 2.78 bits per heavy atom. The molecule has 4 rings (SSSR count). The summed E-state index contributed by atoms with van der Waals surface area (Å²) in [6.07, 6.45) is 1.81. The Morgan fingerprint density at radius 1 is 1.22 bits per heavy atom. The third kappa shape index (κ3) is 6.31. The number of hydrogen-bond donors (Lipinski definition) is 1. The number of piperidine rings is 1. The lowest BCUT2D eigenvalue weighted by Crippen LogP contribution is -2.43. The molecule has 1 unspecified atom stereocenters. The molecular formula is C23H24ClFN4O2S. The summed E-state index contributed by atoms with van der Waals surface area (Å²) in [5, 5.41) is 7.76. The molecule has 1 aliphatic rings. The van der Waals surface area contributed by atoms with Gasteiger partial charge in [0.05, 0.1) is 12.5 Å². The number of carbonyl (C=O) groups excluding carboxylic acids is 1. The van der Waals surface area contributed by atoms with E-state index in [9.17, 15) is 9.18 Å². The number of nitrogens with zero attached hydrogens (tertiary/aromatic N) is 3. The van der Waals surface area contributed by atoms with E-state index in [0.717, 1.165) is 35.1 Å². The molecule has 0 bridgehead atoms. The monoisotopic (exact) mass is 474 g/mol. The second-order valence-corrected chi connectivity index (χ2v) is 9.29. The van der Waals surface area contributed by atoms with E-state index in [4.69, 9.17) is 16.1 Å². The largest absolute Gasteiger partial charge is 0.355 e. The van der Waals surface area contributed by atoms with Crippen molar-refractivity contribution in [2.45, 2.75) is 24.3 Å². The number of nitrogens with one attached hydrogen (secondary N) is 1. The molecular weight excluding hydrogens is 451 g/mol. The van der Waals surface area contributed by atoms with Crippen molar-refractivity contribution < 1.29 is 13.7 Å². The van der Waals surface area contributed by atoms with Crippen LogP contribution in [0.1, 0.15) is 18.7 Å². The van der Waals surface area contributed by atoms with E-state index in [0.29, 0.717) is 36.9 Å². The third-order valence-electron chi connectivity index (χ3n) is 5.29. The highest BCUT2D eigenvalue weighted by Gasteiger charge is 2.26. The number of carbonyl (C=O) groups is 1. The topological polar surface area (TPSA) is 71.3 Å². The maximum Gasteiger partial charge on any atom is 0.241 e. The summed E-state index contributed by atoms with van der Waals surface area (Å²) in [4.78, 5) is 20.3. The minimum absolute atomic E-state index is 0.0521. The Kier molecular flexibility index (Phi) is 7.78. The van der Waals surface area contributed by atoms with Gasteiger partial charge >= 0.3 is 0 Å². The predicted octanol–water partition coefficient (Wildman–Crippen LogP) is 4.65. The zero-order valence-corrected chi connectivity index (χ0v) is 19.0. The number of likely N-dealkylation sites (tertiary alicyclic amines) is 1. The van der Waals surface area contributed by atoms with Crippen molar-refractivity contribution in [1.82, 2.24) is 20.4 Å². The maximum atomic E-state index is 13.1. The van der Waals surface area contributed by atoms with Gasteiger partial charge in [-0.3, -0.25) is 9.69 Å². The van der Waals surface area contributed by atoms with Crippen LogP contribution in [0.25, 0.3) is 11.4 Å². The fourth-order valence-electron chi connectivity index (χ4n) is 3.66. The zero-order valence-electron chi connectivity index (χ0n) is 17.5. The summed E-state index contributed by atoms with van der Waals surface area (Å²) in [7, 11) is 0. The van der Waals surface area contributed by atoms with Crippen LogP contribution in [-0.4, -0.2) is 46.3 Å². The molecule has 3 aromatic rings. The van der Waals surface area contributed by atoms with Crippen LogP contribution in [0.4, 0.5) is 4.39 Å². The van der Waals surface area contributed by atoms with Crippen molar-refractivity contribution in [2.75, 3.05) is 25.4 Å². The standard InChI is InChI=1S/C23H24ClFN4O2S/c24-18-5-9-20(10-6-18)32-13-11-26-23(30)17-2-1-12-29(14-17)15-21-27-22(28-31-21)16-3-7-19(25)8-4-16/h3-10,17H,1-2,11-15H2,(H,26,30). The molecule has 2 heterocycles. The van der Waals surface area contributed by atoms with Crippen molar-refractivity contribution in [3.05, 3.63) is 65.3 Å². The third-order valence-corrected chi connectivity index (χ3v) is 6.56. The van der Waals surface area contributed by atoms with Gasteiger partial charge in [-0.25, -0.2) is 4.39 Å². The Bertz CT molecular complexity index is 1030. The number of aromatic nitrogens is 2. The predicted molar refractivity (Wildman–Crippen MR) is 123 cm³/mol. The molecule has 1 amide bonds. The molecule has 168 valence electrons. The number of hydrogen-bond acceptors (Lipinski definition) is 6. The number of amides is 1. The van der Waals surface area contributed by atoms with Gasteiger partial charge in [0.25, 0.3) is 0 Å². The number of rotatable bonds is 8. The summed E-state index contributed by atoms with van der Waals surface area (Å²) in [6, 6.07) is 13.7. The van der Waals surface area contributed by atoms with Crippen molar-refractivity contribution in [3.8, 4) is 11.4 Å². The molecule has 9 heteroatoms.